The molecule has 3 aromatic carbocycles. The number of anilines is 6. The van der Waals surface area contributed by atoms with Gasteiger partial charge >= 0.3 is 0 Å². The van der Waals surface area contributed by atoms with E-state index in [4.69, 9.17) is 19.2 Å². The van der Waals surface area contributed by atoms with Gasteiger partial charge in [0.2, 0.25) is 5.95 Å². The first-order valence-electron chi connectivity index (χ1n) is 26.0. The number of fused-ring (bicyclic) bond motifs is 2. The monoisotopic (exact) mass is 1110 g/mol. The average molecular weight is 1110 g/mol. The summed E-state index contributed by atoms with van der Waals surface area (Å²) in [6.07, 6.45) is 9.15. The van der Waals surface area contributed by atoms with E-state index in [0.717, 1.165) is 74.9 Å². The lowest BCUT2D eigenvalue weighted by atomic mass is 9.59. The van der Waals surface area contributed by atoms with Crippen LogP contribution < -0.4 is 45.3 Å². The number of amides is 2. The number of piperidine rings is 2. The van der Waals surface area contributed by atoms with Crippen LogP contribution in [0, 0.1) is 5.41 Å². The van der Waals surface area contributed by atoms with Crippen LogP contribution in [0.5, 0.6) is 17.2 Å². The van der Waals surface area contributed by atoms with Crippen molar-refractivity contribution >= 4 is 74.7 Å². The van der Waals surface area contributed by atoms with Gasteiger partial charge in [-0.1, -0.05) is 0 Å². The highest BCUT2D eigenvalue weighted by Gasteiger charge is 2.50. The molecule has 0 bridgehead atoms. The zero-order valence-electron chi connectivity index (χ0n) is 42.7. The Morgan fingerprint density at radius 2 is 1.59 bits per heavy atom. The molecule has 3 atom stereocenters. The number of carbonyl (C=O) groups excluding carboxylic acids is 2. The Hall–Kier alpha value is -5.80. The van der Waals surface area contributed by atoms with Gasteiger partial charge in [0.05, 0.1) is 51.6 Å². The lowest BCUT2D eigenvalue weighted by Crippen LogP contribution is -2.64. The van der Waals surface area contributed by atoms with Crippen LogP contribution in [0.4, 0.5) is 34.5 Å². The molecule has 22 heteroatoms. The number of rotatable bonds is 12. The van der Waals surface area contributed by atoms with E-state index in [-0.39, 0.29) is 5.91 Å². The van der Waals surface area contributed by atoms with E-state index in [1.54, 1.807) is 32.7 Å². The number of aliphatic hydroxyl groups excluding tert-OH is 2. The summed E-state index contributed by atoms with van der Waals surface area (Å²) in [6.45, 7) is 11.9. The van der Waals surface area contributed by atoms with Crippen molar-refractivity contribution in [3.05, 3.63) is 76.7 Å². The quantitative estimate of drug-likeness (QED) is 0.0782. The van der Waals surface area contributed by atoms with E-state index in [9.17, 15) is 24.4 Å². The SMILES string of the molecule is COc1cc(N2CCN(C3CC4(CCN(C5CN(c6ccc7c(c6)C(=O)N(C6CCC(O)NC6O)C7=O)C5)CC4)C3)CC2)c(-c2cnn(C)c2)cc1Nc1ncc(Br)c(Nc2ccc3c(c2P(C)(C)=O)OCCO3)n1. The third-order valence-corrected chi connectivity index (χ3v) is 18.7. The first-order chi connectivity index (χ1) is 36.1. The Labute approximate surface area is 444 Å². The molecule has 5 fully saturated rings. The summed E-state index contributed by atoms with van der Waals surface area (Å²) in [5, 5.41) is 35.0. The summed E-state index contributed by atoms with van der Waals surface area (Å²) < 4.78 is 33.9. The largest absolute Gasteiger partial charge is 0.494 e. The predicted molar refractivity (Wildman–Crippen MR) is 289 cm³/mol. The molecule has 75 heavy (non-hydrogen) atoms. The van der Waals surface area contributed by atoms with Crippen LogP contribution in [0.1, 0.15) is 59.2 Å². The highest BCUT2D eigenvalue weighted by Crippen LogP contribution is 2.52. The molecule has 20 nitrogen and oxygen atoms in total. The Morgan fingerprint density at radius 3 is 2.31 bits per heavy atom. The fraction of sp³-hybridized carbons (Fsp3) is 0.491. The van der Waals surface area contributed by atoms with Crippen LogP contribution >= 0.6 is 23.1 Å². The molecule has 7 aliphatic rings. The van der Waals surface area contributed by atoms with Gasteiger partial charge in [-0.05, 0) is 123 Å². The van der Waals surface area contributed by atoms with Gasteiger partial charge in [-0.25, -0.2) is 4.98 Å². The molecule has 6 aliphatic heterocycles. The molecule has 1 aliphatic carbocycles. The van der Waals surface area contributed by atoms with Crippen LogP contribution in [-0.4, -0.2) is 173 Å². The molecule has 3 unspecified atom stereocenters. The molecule has 1 saturated carbocycles. The Balaban J connectivity index is 0.660. The molecular formula is C53H64BrN12O8P. The number of piperazine rings is 1. The highest BCUT2D eigenvalue weighted by atomic mass is 79.9. The number of imide groups is 1. The number of halogens is 1. The van der Waals surface area contributed by atoms with Gasteiger partial charge in [0.1, 0.15) is 44.4 Å². The smallest absolute Gasteiger partial charge is 0.262 e. The fourth-order valence-corrected chi connectivity index (χ4v) is 14.1. The number of ether oxygens (including phenoxy) is 3. The first-order valence-corrected chi connectivity index (χ1v) is 29.4. The van der Waals surface area contributed by atoms with Crippen LogP contribution in [0.15, 0.2) is 65.5 Å². The molecule has 5 N–H and O–H groups in total. The molecule has 1 spiro atoms. The van der Waals surface area contributed by atoms with Gasteiger partial charge in [0.15, 0.2) is 11.5 Å². The van der Waals surface area contributed by atoms with Crippen LogP contribution in [-0.2, 0) is 11.6 Å². The van der Waals surface area contributed by atoms with Gasteiger partial charge in [-0.2, -0.15) is 10.1 Å². The highest BCUT2D eigenvalue weighted by molar-refractivity contribution is 9.10. The number of hydrogen-bond donors (Lipinski definition) is 5. The summed E-state index contributed by atoms with van der Waals surface area (Å²) >= 11 is 3.62. The van der Waals surface area contributed by atoms with Crippen molar-refractivity contribution in [3.63, 3.8) is 0 Å². The number of aryl methyl sites for hydroxylation is 1. The number of benzene rings is 3. The minimum Gasteiger partial charge on any atom is -0.494 e. The number of aliphatic hydroxyl groups is 2. The third kappa shape index (κ3) is 9.41. The summed E-state index contributed by atoms with van der Waals surface area (Å²) in [6, 6.07) is 13.7. The second-order valence-electron chi connectivity index (χ2n) is 21.6. The van der Waals surface area contributed by atoms with Gasteiger partial charge in [-0.15, -0.1) is 0 Å². The van der Waals surface area contributed by atoms with Gasteiger partial charge in [0, 0.05) is 99.4 Å². The third-order valence-electron chi connectivity index (χ3n) is 16.6. The normalized spacial score (nSPS) is 23.3. The molecule has 2 amide bonds. The minimum atomic E-state index is -2.83. The van der Waals surface area contributed by atoms with E-state index in [1.165, 1.54) is 30.6 Å². The van der Waals surface area contributed by atoms with Crippen LogP contribution in [0.3, 0.4) is 0 Å². The molecule has 12 rings (SSSR count). The first kappa shape index (κ1) is 50.0. The number of nitrogens with zero attached hydrogens (tertiary/aromatic N) is 9. The Morgan fingerprint density at radius 1 is 0.840 bits per heavy atom. The molecule has 2 aromatic heterocycles. The second-order valence-corrected chi connectivity index (χ2v) is 25.6. The average Bonchev–Trinajstić information content (AvgIpc) is 3.94. The molecular weight excluding hydrogens is 1040 g/mol. The summed E-state index contributed by atoms with van der Waals surface area (Å²) in [5.74, 6) is 1.75. The van der Waals surface area contributed by atoms with Crippen molar-refractivity contribution in [1.29, 1.82) is 0 Å². The Kier molecular flexibility index (Phi) is 13.1. The zero-order valence-corrected chi connectivity index (χ0v) is 45.1. The predicted octanol–water partition coefficient (Wildman–Crippen LogP) is 5.39. The number of carbonyl (C=O) groups is 2. The summed E-state index contributed by atoms with van der Waals surface area (Å²) in [7, 11) is 0.770. The maximum absolute atomic E-state index is 13.6. The van der Waals surface area contributed by atoms with E-state index < -0.39 is 31.5 Å². The maximum atomic E-state index is 13.6. The van der Waals surface area contributed by atoms with E-state index >= 15 is 0 Å². The second kappa shape index (κ2) is 19.6. The molecule has 4 saturated heterocycles. The number of nitrogens with one attached hydrogen (secondary N) is 3. The van der Waals surface area contributed by atoms with Crippen molar-refractivity contribution in [1.82, 2.24) is 39.8 Å². The molecule has 0 radical (unpaired) electrons. The fourth-order valence-electron chi connectivity index (χ4n) is 12.5. The molecule has 8 heterocycles. The lowest BCUT2D eigenvalue weighted by molar-refractivity contribution is -0.0529. The van der Waals surface area contributed by atoms with Crippen molar-refractivity contribution in [2.75, 3.05) is 106 Å². The van der Waals surface area contributed by atoms with Gasteiger partial charge in [-0.3, -0.25) is 34.3 Å². The van der Waals surface area contributed by atoms with Crippen molar-refractivity contribution in [2.24, 2.45) is 12.5 Å². The van der Waals surface area contributed by atoms with Gasteiger partial charge in [0.25, 0.3) is 11.8 Å². The minimum absolute atomic E-state index is 0.338. The van der Waals surface area contributed by atoms with Crippen molar-refractivity contribution in [3.8, 4) is 28.4 Å². The number of methoxy groups -OCH3 is 1. The van der Waals surface area contributed by atoms with Crippen LogP contribution in [0.25, 0.3) is 11.1 Å². The van der Waals surface area contributed by atoms with E-state index in [1.807, 2.05) is 48.4 Å². The summed E-state index contributed by atoms with van der Waals surface area (Å²) in [5.41, 5.74) is 6.48. The number of hydrogen-bond acceptors (Lipinski definition) is 18. The standard InChI is InChI=1S/C53H64BrN12O8P/c1-61-28-31(26-56-61)36-22-40(58-52-55-27-38(54)48(60-52)57-39-7-9-43-46(74-20-19-73-43)47(39)75(3,4)71)44(72-2)23-42(36)64-17-15-63(16-18-64)33-24-53(25-33)11-13-62(14-12-53)34-29-65(30-34)32-5-6-35-37(21-32)51(70)66(50(35)69)41-8-10-45(67)59-49(41)68/h5-7,9,21-23,26-28,33-34,41,45,49,59,67-68H,8,10-20,24-25,29-30H2,1-4H3,(H2,55,57,58,60). The van der Waals surface area contributed by atoms with Crippen LogP contribution in [0.2, 0.25) is 0 Å². The summed E-state index contributed by atoms with van der Waals surface area (Å²) in [4.78, 5) is 47.5. The van der Waals surface area contributed by atoms with Gasteiger partial charge < -0.3 is 49.4 Å². The van der Waals surface area contributed by atoms with E-state index in [2.05, 4.69) is 73.7 Å². The lowest BCUT2D eigenvalue weighted by Gasteiger charge is -2.58. The molecule has 396 valence electrons. The Bertz CT molecular complexity index is 3090. The number of likely N-dealkylation sites (tertiary alicyclic amines) is 1. The van der Waals surface area contributed by atoms with Crippen molar-refractivity contribution in [2.45, 2.75) is 69.1 Å². The zero-order chi connectivity index (χ0) is 51.9. The van der Waals surface area contributed by atoms with E-state index in [0.29, 0.717) is 105 Å². The molecule has 5 aromatic rings. The topological polar surface area (TPSA) is 215 Å². The van der Waals surface area contributed by atoms with Crippen molar-refractivity contribution < 1.29 is 38.6 Å². The maximum Gasteiger partial charge on any atom is 0.262 e. The number of aromatic nitrogens is 4.